The number of benzene rings is 2. The maximum absolute atomic E-state index is 12.6. The molecule has 1 fully saturated rings. The fourth-order valence-corrected chi connectivity index (χ4v) is 3.44. The Morgan fingerprint density at radius 1 is 1.18 bits per heavy atom. The van der Waals surface area contributed by atoms with Crippen LogP contribution in [-0.4, -0.2) is 41.6 Å². The van der Waals surface area contributed by atoms with Gasteiger partial charge in [0.15, 0.2) is 0 Å². The zero-order chi connectivity index (χ0) is 19.9. The van der Waals surface area contributed by atoms with Gasteiger partial charge in [-0.05, 0) is 55.5 Å². The fraction of sp³-hybridized carbons (Fsp3) is 0.364. The molecule has 0 aromatic heterocycles. The van der Waals surface area contributed by atoms with Crippen LogP contribution in [0.4, 0.5) is 10.5 Å². The minimum Gasteiger partial charge on any atom is -0.396 e. The molecule has 0 spiro atoms. The minimum absolute atomic E-state index is 0.114. The van der Waals surface area contributed by atoms with Gasteiger partial charge in [0.05, 0.1) is 6.04 Å². The molecule has 1 aliphatic heterocycles. The Bertz CT molecular complexity index is 810. The van der Waals surface area contributed by atoms with E-state index >= 15 is 0 Å². The number of nitrogens with zero attached hydrogens (tertiary/aromatic N) is 1. The molecular weight excluding hydrogens is 354 g/mol. The third kappa shape index (κ3) is 5.10. The Labute approximate surface area is 165 Å². The van der Waals surface area contributed by atoms with E-state index in [1.54, 1.807) is 17.0 Å². The zero-order valence-electron chi connectivity index (χ0n) is 16.1. The van der Waals surface area contributed by atoms with E-state index in [9.17, 15) is 14.7 Å². The summed E-state index contributed by atoms with van der Waals surface area (Å²) < 4.78 is 0. The van der Waals surface area contributed by atoms with Crippen molar-refractivity contribution in [1.82, 2.24) is 10.2 Å². The summed E-state index contributed by atoms with van der Waals surface area (Å²) in [7, 11) is 0. The molecule has 0 bridgehead atoms. The van der Waals surface area contributed by atoms with Crippen molar-refractivity contribution in [3.63, 3.8) is 0 Å². The van der Waals surface area contributed by atoms with Gasteiger partial charge in [-0.2, -0.15) is 0 Å². The van der Waals surface area contributed by atoms with Crippen LogP contribution < -0.4 is 10.6 Å². The number of rotatable bonds is 5. The van der Waals surface area contributed by atoms with Crippen LogP contribution in [0.15, 0.2) is 54.6 Å². The Balaban J connectivity index is 1.61. The Kier molecular flexibility index (Phi) is 6.66. The summed E-state index contributed by atoms with van der Waals surface area (Å²) in [5, 5.41) is 15.3. The van der Waals surface area contributed by atoms with E-state index in [2.05, 4.69) is 10.6 Å². The molecule has 148 valence electrons. The van der Waals surface area contributed by atoms with Gasteiger partial charge in [0.2, 0.25) is 0 Å². The van der Waals surface area contributed by atoms with Gasteiger partial charge in [0.25, 0.3) is 5.91 Å². The van der Waals surface area contributed by atoms with Gasteiger partial charge in [-0.1, -0.05) is 30.3 Å². The first-order valence-corrected chi connectivity index (χ1v) is 9.69. The largest absolute Gasteiger partial charge is 0.396 e. The highest BCUT2D eigenvalue weighted by molar-refractivity contribution is 6.04. The summed E-state index contributed by atoms with van der Waals surface area (Å²) in [5.74, 6) is -0.0101. The predicted octanol–water partition coefficient (Wildman–Crippen LogP) is 3.41. The van der Waals surface area contributed by atoms with Crippen molar-refractivity contribution in [2.45, 2.75) is 25.8 Å². The number of likely N-dealkylation sites (tertiary alicyclic amines) is 1. The zero-order valence-corrected chi connectivity index (χ0v) is 16.1. The SMILES string of the molecule is CC(NC(=O)N1CCCC(CO)C1)c1cccc(NC(=O)c2ccccc2)c1. The highest BCUT2D eigenvalue weighted by atomic mass is 16.3. The number of piperidine rings is 1. The lowest BCUT2D eigenvalue weighted by Crippen LogP contribution is -2.46. The maximum atomic E-state index is 12.6. The topological polar surface area (TPSA) is 81.7 Å². The van der Waals surface area contributed by atoms with Crippen LogP contribution in [0.1, 0.15) is 41.7 Å². The number of amides is 3. The average Bonchev–Trinajstić information content (AvgIpc) is 2.74. The molecule has 2 atom stereocenters. The van der Waals surface area contributed by atoms with Crippen LogP contribution >= 0.6 is 0 Å². The standard InChI is InChI=1S/C22H27N3O3/c1-16(23-22(28)25-12-6-7-17(14-25)15-26)19-10-5-11-20(13-19)24-21(27)18-8-3-2-4-9-18/h2-5,8-11,13,16-17,26H,6-7,12,14-15H2,1H3,(H,23,28)(H,24,27). The van der Waals surface area contributed by atoms with Gasteiger partial charge >= 0.3 is 6.03 Å². The van der Waals surface area contributed by atoms with Gasteiger partial charge < -0.3 is 20.6 Å². The third-order valence-electron chi connectivity index (χ3n) is 5.08. The lowest BCUT2D eigenvalue weighted by atomic mass is 9.99. The molecule has 3 rings (SSSR count). The van der Waals surface area contributed by atoms with Crippen molar-refractivity contribution in [3.8, 4) is 0 Å². The second-order valence-corrected chi connectivity index (χ2v) is 7.25. The number of hydrogen-bond acceptors (Lipinski definition) is 3. The number of carbonyl (C=O) groups excluding carboxylic acids is 2. The first kappa shape index (κ1) is 19.9. The summed E-state index contributed by atoms with van der Waals surface area (Å²) in [6, 6.07) is 16.2. The van der Waals surface area contributed by atoms with E-state index in [-0.39, 0.29) is 30.5 Å². The van der Waals surface area contributed by atoms with Crippen molar-refractivity contribution in [2.75, 3.05) is 25.0 Å². The summed E-state index contributed by atoms with van der Waals surface area (Å²) >= 11 is 0. The summed E-state index contributed by atoms with van der Waals surface area (Å²) in [6.07, 6.45) is 1.87. The van der Waals surface area contributed by atoms with Gasteiger partial charge in [-0.15, -0.1) is 0 Å². The van der Waals surface area contributed by atoms with Gasteiger partial charge in [0.1, 0.15) is 0 Å². The normalized spacial score (nSPS) is 17.6. The lowest BCUT2D eigenvalue weighted by Gasteiger charge is -2.32. The van der Waals surface area contributed by atoms with Gasteiger partial charge in [-0.25, -0.2) is 4.79 Å². The molecule has 1 heterocycles. The quantitative estimate of drug-likeness (QED) is 0.742. The number of aliphatic hydroxyl groups is 1. The summed E-state index contributed by atoms with van der Waals surface area (Å²) in [4.78, 5) is 26.7. The Morgan fingerprint density at radius 3 is 2.71 bits per heavy atom. The highest BCUT2D eigenvalue weighted by Crippen LogP contribution is 2.20. The number of urea groups is 1. The molecule has 0 aliphatic carbocycles. The lowest BCUT2D eigenvalue weighted by molar-refractivity contribution is 0.102. The van der Waals surface area contributed by atoms with Crippen LogP contribution in [0, 0.1) is 5.92 Å². The van der Waals surface area contributed by atoms with Crippen LogP contribution in [-0.2, 0) is 0 Å². The Hall–Kier alpha value is -2.86. The molecule has 0 saturated carbocycles. The molecular formula is C22H27N3O3. The van der Waals surface area contributed by atoms with Crippen LogP contribution in [0.25, 0.3) is 0 Å². The van der Waals surface area contributed by atoms with E-state index in [4.69, 9.17) is 0 Å². The smallest absolute Gasteiger partial charge is 0.317 e. The molecule has 1 aliphatic rings. The van der Waals surface area contributed by atoms with Crippen LogP contribution in [0.2, 0.25) is 0 Å². The van der Waals surface area contributed by atoms with E-state index in [0.29, 0.717) is 24.3 Å². The van der Waals surface area contributed by atoms with Crippen molar-refractivity contribution in [1.29, 1.82) is 0 Å². The molecule has 2 unspecified atom stereocenters. The number of anilines is 1. The molecule has 28 heavy (non-hydrogen) atoms. The average molecular weight is 381 g/mol. The minimum atomic E-state index is -0.199. The van der Waals surface area contributed by atoms with Crippen molar-refractivity contribution in [2.24, 2.45) is 5.92 Å². The fourth-order valence-electron chi connectivity index (χ4n) is 3.44. The van der Waals surface area contributed by atoms with Crippen molar-refractivity contribution in [3.05, 3.63) is 65.7 Å². The molecule has 6 heteroatoms. The summed E-state index contributed by atoms with van der Waals surface area (Å²) in [6.45, 7) is 3.33. The molecule has 2 aromatic rings. The van der Waals surface area contributed by atoms with Gasteiger partial charge in [0, 0.05) is 30.9 Å². The monoisotopic (exact) mass is 381 g/mol. The molecule has 3 N–H and O–H groups in total. The summed E-state index contributed by atoms with van der Waals surface area (Å²) in [5.41, 5.74) is 2.19. The van der Waals surface area contributed by atoms with E-state index < -0.39 is 0 Å². The van der Waals surface area contributed by atoms with E-state index in [1.807, 2.05) is 49.4 Å². The second-order valence-electron chi connectivity index (χ2n) is 7.25. The molecule has 2 aromatic carbocycles. The highest BCUT2D eigenvalue weighted by Gasteiger charge is 2.24. The first-order valence-electron chi connectivity index (χ1n) is 9.69. The second kappa shape index (κ2) is 9.37. The predicted molar refractivity (Wildman–Crippen MR) is 109 cm³/mol. The Morgan fingerprint density at radius 2 is 1.96 bits per heavy atom. The van der Waals surface area contributed by atoms with Crippen LogP contribution in [0.5, 0.6) is 0 Å². The van der Waals surface area contributed by atoms with Crippen molar-refractivity contribution < 1.29 is 14.7 Å². The first-order chi connectivity index (χ1) is 13.6. The maximum Gasteiger partial charge on any atom is 0.317 e. The van der Waals surface area contributed by atoms with E-state index in [1.165, 1.54) is 0 Å². The molecule has 0 radical (unpaired) electrons. The number of hydrogen-bond donors (Lipinski definition) is 3. The van der Waals surface area contributed by atoms with Crippen LogP contribution in [0.3, 0.4) is 0 Å². The van der Waals surface area contributed by atoms with E-state index in [0.717, 1.165) is 18.4 Å². The molecule has 3 amide bonds. The van der Waals surface area contributed by atoms with Crippen molar-refractivity contribution >= 4 is 17.6 Å². The molecule has 6 nitrogen and oxygen atoms in total. The van der Waals surface area contributed by atoms with Gasteiger partial charge in [-0.3, -0.25) is 4.79 Å². The number of carbonyl (C=O) groups is 2. The third-order valence-corrected chi connectivity index (χ3v) is 5.08. The molecule has 1 saturated heterocycles. The number of nitrogens with one attached hydrogen (secondary N) is 2. The number of aliphatic hydroxyl groups excluding tert-OH is 1.